The van der Waals surface area contributed by atoms with E-state index in [9.17, 15) is 13.2 Å². The molecule has 0 aromatic carbocycles. The van der Waals surface area contributed by atoms with Gasteiger partial charge in [-0.3, -0.25) is 4.98 Å². The van der Waals surface area contributed by atoms with E-state index in [-0.39, 0.29) is 16.0 Å². The van der Waals surface area contributed by atoms with Crippen LogP contribution in [0.5, 0.6) is 0 Å². The molecule has 0 bridgehead atoms. The second-order valence-electron chi connectivity index (χ2n) is 3.28. The highest BCUT2D eigenvalue weighted by molar-refractivity contribution is 7.20. The maximum Gasteiger partial charge on any atom is 0.393 e. The summed E-state index contributed by atoms with van der Waals surface area (Å²) < 4.78 is 37.6. The average molecular weight is 277 g/mol. The van der Waals surface area contributed by atoms with Crippen LogP contribution in [0.2, 0.25) is 5.02 Å². The molecule has 2 aromatic rings. The molecule has 0 spiro atoms. The molecule has 0 aliphatic heterocycles. The zero-order chi connectivity index (χ0) is 12.6. The van der Waals surface area contributed by atoms with Crippen LogP contribution < -0.4 is 0 Å². The Morgan fingerprint density at radius 3 is 2.76 bits per heavy atom. The van der Waals surface area contributed by atoms with Crippen molar-refractivity contribution in [3.05, 3.63) is 27.7 Å². The summed E-state index contributed by atoms with van der Waals surface area (Å²) in [5.41, 5.74) is 0.0684. The fourth-order valence-electron chi connectivity index (χ4n) is 1.46. The van der Waals surface area contributed by atoms with Gasteiger partial charge in [0.25, 0.3) is 0 Å². The number of rotatable bonds is 1. The quantitative estimate of drug-likeness (QED) is 0.791. The molecule has 2 aromatic heterocycles. The molecule has 0 radical (unpaired) electrons. The molecule has 2 heterocycles. The van der Waals surface area contributed by atoms with E-state index in [4.69, 9.17) is 16.9 Å². The van der Waals surface area contributed by atoms with Crippen LogP contribution in [0.1, 0.15) is 10.4 Å². The minimum absolute atomic E-state index is 0.0120. The minimum atomic E-state index is -4.37. The Hall–Kier alpha value is -1.32. The van der Waals surface area contributed by atoms with E-state index < -0.39 is 12.6 Å². The van der Waals surface area contributed by atoms with Gasteiger partial charge in [0.1, 0.15) is 10.9 Å². The van der Waals surface area contributed by atoms with E-state index in [2.05, 4.69) is 4.98 Å². The topological polar surface area (TPSA) is 36.7 Å². The van der Waals surface area contributed by atoms with Crippen molar-refractivity contribution in [1.29, 1.82) is 5.26 Å². The summed E-state index contributed by atoms with van der Waals surface area (Å²) in [5, 5.41) is 9.14. The van der Waals surface area contributed by atoms with Crippen LogP contribution in [0.3, 0.4) is 0 Å². The van der Waals surface area contributed by atoms with Gasteiger partial charge in [-0.05, 0) is 6.07 Å². The molecule has 0 atom stereocenters. The number of pyridine rings is 1. The largest absolute Gasteiger partial charge is 0.393 e. The first-order valence-electron chi connectivity index (χ1n) is 4.45. The fraction of sp³-hybridized carbons (Fsp3) is 0.200. The van der Waals surface area contributed by atoms with Gasteiger partial charge in [-0.1, -0.05) is 11.6 Å². The number of fused-ring (bicyclic) bond motifs is 1. The van der Waals surface area contributed by atoms with Crippen molar-refractivity contribution in [3.8, 4) is 6.07 Å². The van der Waals surface area contributed by atoms with Crippen molar-refractivity contribution in [3.63, 3.8) is 0 Å². The van der Waals surface area contributed by atoms with E-state index in [1.807, 2.05) is 0 Å². The smallest absolute Gasteiger partial charge is 0.255 e. The SMILES string of the molecule is N#Cc1sc2c(Cl)ccnc2c1CC(F)(F)F. The van der Waals surface area contributed by atoms with E-state index in [1.54, 1.807) is 6.07 Å². The number of halogens is 4. The lowest BCUT2D eigenvalue weighted by Gasteiger charge is -2.04. The third kappa shape index (κ3) is 2.35. The van der Waals surface area contributed by atoms with Gasteiger partial charge in [-0.25, -0.2) is 0 Å². The predicted octanol–water partition coefficient (Wildman–Crippen LogP) is 3.93. The summed E-state index contributed by atoms with van der Waals surface area (Å²) in [6.45, 7) is 0. The molecule has 0 amide bonds. The molecule has 0 aliphatic carbocycles. The first-order valence-corrected chi connectivity index (χ1v) is 5.64. The highest BCUT2D eigenvalue weighted by Gasteiger charge is 2.31. The number of thiophene rings is 1. The molecule has 0 aliphatic rings. The Bertz CT molecular complexity index is 612. The van der Waals surface area contributed by atoms with Gasteiger partial charge >= 0.3 is 6.18 Å². The van der Waals surface area contributed by atoms with E-state index in [1.165, 1.54) is 12.3 Å². The highest BCUT2D eigenvalue weighted by Crippen LogP contribution is 2.37. The molecular weight excluding hydrogens is 273 g/mol. The molecule has 2 rings (SSSR count). The average Bonchev–Trinajstić information content (AvgIpc) is 2.56. The number of alkyl halides is 3. The number of aromatic nitrogens is 1. The van der Waals surface area contributed by atoms with Gasteiger partial charge in [0.2, 0.25) is 0 Å². The third-order valence-corrected chi connectivity index (χ3v) is 3.69. The van der Waals surface area contributed by atoms with Crippen LogP contribution in [-0.2, 0) is 6.42 Å². The molecule has 0 saturated heterocycles. The summed E-state index contributed by atoms with van der Waals surface area (Å²) in [6.07, 6.45) is -4.20. The normalized spacial score (nSPS) is 11.7. The van der Waals surface area contributed by atoms with Crippen molar-refractivity contribution in [2.24, 2.45) is 0 Å². The van der Waals surface area contributed by atoms with Crippen molar-refractivity contribution in [1.82, 2.24) is 4.98 Å². The van der Waals surface area contributed by atoms with Gasteiger partial charge in [0.05, 0.1) is 21.7 Å². The summed E-state index contributed by atoms with van der Waals surface area (Å²) in [5.74, 6) is 0. The van der Waals surface area contributed by atoms with Crippen LogP contribution >= 0.6 is 22.9 Å². The molecule has 0 N–H and O–H groups in total. The van der Waals surface area contributed by atoms with Crippen molar-refractivity contribution in [2.75, 3.05) is 0 Å². The number of hydrogen-bond donors (Lipinski definition) is 0. The monoisotopic (exact) mass is 276 g/mol. The summed E-state index contributed by atoms with van der Waals surface area (Å²) in [6, 6.07) is 3.24. The maximum absolute atomic E-state index is 12.4. The lowest BCUT2D eigenvalue weighted by Crippen LogP contribution is -2.12. The first kappa shape index (κ1) is 12.1. The summed E-state index contributed by atoms with van der Waals surface area (Å²) in [4.78, 5) is 3.88. The minimum Gasteiger partial charge on any atom is -0.255 e. The lowest BCUT2D eigenvalue weighted by atomic mass is 10.1. The fourth-order valence-corrected chi connectivity index (χ4v) is 2.70. The zero-order valence-electron chi connectivity index (χ0n) is 8.18. The summed E-state index contributed by atoms with van der Waals surface area (Å²) >= 11 is 6.79. The standard InChI is InChI=1S/C10H4ClF3N2S/c11-6-1-2-16-8-5(3-10(12,13)14)7(4-15)17-9(6)8/h1-2H,3H2. The second-order valence-corrected chi connectivity index (χ2v) is 4.71. The molecule has 2 nitrogen and oxygen atoms in total. The molecule has 0 saturated carbocycles. The van der Waals surface area contributed by atoms with E-state index in [0.29, 0.717) is 9.72 Å². The Kier molecular flexibility index (Phi) is 2.98. The predicted molar refractivity (Wildman–Crippen MR) is 59.1 cm³/mol. The van der Waals surface area contributed by atoms with Crippen LogP contribution in [0, 0.1) is 11.3 Å². The van der Waals surface area contributed by atoms with E-state index >= 15 is 0 Å². The zero-order valence-corrected chi connectivity index (χ0v) is 9.75. The third-order valence-electron chi connectivity index (χ3n) is 2.10. The number of hydrogen-bond acceptors (Lipinski definition) is 3. The van der Waals surface area contributed by atoms with Crippen LogP contribution in [-0.4, -0.2) is 11.2 Å². The molecular formula is C10H4ClF3N2S. The van der Waals surface area contributed by atoms with E-state index in [0.717, 1.165) is 11.3 Å². The Morgan fingerprint density at radius 2 is 2.18 bits per heavy atom. The van der Waals surface area contributed by atoms with Crippen molar-refractivity contribution >= 4 is 33.2 Å². The second kappa shape index (κ2) is 4.17. The van der Waals surface area contributed by atoms with Gasteiger partial charge in [0, 0.05) is 11.8 Å². The first-order chi connectivity index (χ1) is 7.92. The Balaban J connectivity index is 2.68. The highest BCUT2D eigenvalue weighted by atomic mass is 35.5. The van der Waals surface area contributed by atoms with Crippen LogP contribution in [0.4, 0.5) is 13.2 Å². The van der Waals surface area contributed by atoms with Crippen molar-refractivity contribution < 1.29 is 13.2 Å². The Labute approximate surface area is 103 Å². The van der Waals surface area contributed by atoms with Gasteiger partial charge < -0.3 is 0 Å². The van der Waals surface area contributed by atoms with Crippen LogP contribution in [0.25, 0.3) is 10.2 Å². The summed E-state index contributed by atoms with van der Waals surface area (Å²) in [7, 11) is 0. The van der Waals surface area contributed by atoms with Gasteiger partial charge in [-0.2, -0.15) is 18.4 Å². The molecule has 0 fully saturated rings. The number of nitrogens with zero attached hydrogens (tertiary/aromatic N) is 2. The lowest BCUT2D eigenvalue weighted by molar-refractivity contribution is -0.127. The molecule has 17 heavy (non-hydrogen) atoms. The number of nitriles is 1. The molecule has 7 heteroatoms. The van der Waals surface area contributed by atoms with Gasteiger partial charge in [-0.15, -0.1) is 11.3 Å². The maximum atomic E-state index is 12.4. The Morgan fingerprint density at radius 1 is 1.47 bits per heavy atom. The molecule has 0 unspecified atom stereocenters. The van der Waals surface area contributed by atoms with Gasteiger partial charge in [0.15, 0.2) is 0 Å². The molecule has 88 valence electrons. The van der Waals surface area contributed by atoms with Crippen molar-refractivity contribution in [2.45, 2.75) is 12.6 Å². The van der Waals surface area contributed by atoms with Crippen LogP contribution in [0.15, 0.2) is 12.3 Å².